The second kappa shape index (κ2) is 7.67. The summed E-state index contributed by atoms with van der Waals surface area (Å²) >= 11 is 3.60. The van der Waals surface area contributed by atoms with E-state index in [9.17, 15) is 0 Å². The molecule has 96 valence electrons. The van der Waals surface area contributed by atoms with Crippen LogP contribution in [0.4, 0.5) is 0 Å². The molecule has 0 amide bonds. The van der Waals surface area contributed by atoms with Crippen molar-refractivity contribution in [2.45, 2.75) is 26.2 Å². The monoisotopic (exact) mass is 290 g/mol. The van der Waals surface area contributed by atoms with Crippen LogP contribution in [-0.2, 0) is 0 Å². The van der Waals surface area contributed by atoms with Gasteiger partial charge in [-0.1, -0.05) is 29.3 Å². The van der Waals surface area contributed by atoms with E-state index in [0.29, 0.717) is 0 Å². The van der Waals surface area contributed by atoms with Gasteiger partial charge in [0.1, 0.15) is 0 Å². The summed E-state index contributed by atoms with van der Waals surface area (Å²) in [6.07, 6.45) is 4.04. The fraction of sp³-hybridized carbons (Fsp3) is 1.00. The molecule has 1 rings (SSSR count). The van der Waals surface area contributed by atoms with Gasteiger partial charge in [-0.3, -0.25) is 0 Å². The Morgan fingerprint density at radius 2 is 2.00 bits per heavy atom. The predicted octanol–water partition coefficient (Wildman–Crippen LogP) is 2.68. The first-order chi connectivity index (χ1) is 7.65. The molecule has 1 aliphatic heterocycles. The molecule has 1 unspecified atom stereocenters. The molecule has 0 radical (unpaired) electrons. The Kier molecular flexibility index (Phi) is 6.94. The second-order valence-electron chi connectivity index (χ2n) is 5.40. The third kappa shape index (κ3) is 5.15. The molecule has 0 spiro atoms. The zero-order chi connectivity index (χ0) is 12.0. The Morgan fingerprint density at radius 3 is 2.50 bits per heavy atom. The van der Waals surface area contributed by atoms with Crippen LogP contribution in [0.3, 0.4) is 0 Å². The van der Waals surface area contributed by atoms with Crippen molar-refractivity contribution >= 4 is 15.9 Å². The summed E-state index contributed by atoms with van der Waals surface area (Å²) in [4.78, 5) is 4.98. The van der Waals surface area contributed by atoms with E-state index in [0.717, 1.165) is 17.2 Å². The van der Waals surface area contributed by atoms with Crippen molar-refractivity contribution < 1.29 is 0 Å². The largest absolute Gasteiger partial charge is 0.306 e. The fourth-order valence-corrected chi connectivity index (χ4v) is 3.15. The Bertz CT molecular complexity index is 175. The highest BCUT2D eigenvalue weighted by atomic mass is 79.9. The van der Waals surface area contributed by atoms with Crippen LogP contribution in [-0.4, -0.2) is 55.4 Å². The van der Waals surface area contributed by atoms with Crippen LogP contribution in [0.5, 0.6) is 0 Å². The molecule has 0 aliphatic carbocycles. The molecule has 1 saturated heterocycles. The van der Waals surface area contributed by atoms with Crippen LogP contribution in [0.15, 0.2) is 0 Å². The molecular weight excluding hydrogens is 264 g/mol. The quantitative estimate of drug-likeness (QED) is 0.694. The topological polar surface area (TPSA) is 6.48 Å². The van der Waals surface area contributed by atoms with Gasteiger partial charge in [0.05, 0.1) is 0 Å². The van der Waals surface area contributed by atoms with Crippen molar-refractivity contribution in [3.05, 3.63) is 0 Å². The van der Waals surface area contributed by atoms with Gasteiger partial charge in [0.2, 0.25) is 0 Å². The number of halogens is 1. The number of piperidine rings is 1. The van der Waals surface area contributed by atoms with E-state index in [-0.39, 0.29) is 0 Å². The van der Waals surface area contributed by atoms with Crippen molar-refractivity contribution in [1.82, 2.24) is 9.80 Å². The molecule has 0 aromatic rings. The summed E-state index contributed by atoms with van der Waals surface area (Å²) in [6.45, 7) is 7.39. The average Bonchev–Trinajstić information content (AvgIpc) is 2.29. The highest BCUT2D eigenvalue weighted by Gasteiger charge is 2.19. The van der Waals surface area contributed by atoms with Crippen LogP contribution in [0.25, 0.3) is 0 Å². The van der Waals surface area contributed by atoms with Crippen LogP contribution in [0.2, 0.25) is 0 Å². The van der Waals surface area contributed by atoms with Gasteiger partial charge in [0.15, 0.2) is 0 Å². The van der Waals surface area contributed by atoms with Gasteiger partial charge in [0.25, 0.3) is 0 Å². The predicted molar refractivity (Wildman–Crippen MR) is 75.3 cm³/mol. The summed E-state index contributed by atoms with van der Waals surface area (Å²) in [6, 6.07) is 0. The lowest BCUT2D eigenvalue weighted by atomic mass is 9.96. The minimum absolute atomic E-state index is 0.816. The van der Waals surface area contributed by atoms with Crippen LogP contribution in [0.1, 0.15) is 26.2 Å². The molecular formula is C13H27BrN2. The van der Waals surface area contributed by atoms with E-state index in [1.807, 2.05) is 0 Å². The number of likely N-dealkylation sites (tertiary alicyclic amines) is 1. The SMILES string of the molecule is CCC(CBr)CN(C)CC1CCN(C)CC1. The van der Waals surface area contributed by atoms with Gasteiger partial charge in [-0.25, -0.2) is 0 Å². The summed E-state index contributed by atoms with van der Waals surface area (Å²) in [5, 5.41) is 1.14. The Hall–Kier alpha value is 0.400. The van der Waals surface area contributed by atoms with E-state index < -0.39 is 0 Å². The van der Waals surface area contributed by atoms with Gasteiger partial charge in [0, 0.05) is 18.4 Å². The standard InChI is InChI=1S/C13H27BrN2/c1-4-12(9-14)10-16(3)11-13-5-7-15(2)8-6-13/h12-13H,4-11H2,1-3H3. The molecule has 16 heavy (non-hydrogen) atoms. The third-order valence-electron chi connectivity index (χ3n) is 3.77. The molecule has 0 saturated carbocycles. The number of hydrogen-bond donors (Lipinski definition) is 0. The van der Waals surface area contributed by atoms with Crippen molar-refractivity contribution in [3.8, 4) is 0 Å². The van der Waals surface area contributed by atoms with Crippen molar-refractivity contribution in [2.24, 2.45) is 11.8 Å². The molecule has 1 fully saturated rings. The minimum atomic E-state index is 0.816. The lowest BCUT2D eigenvalue weighted by Gasteiger charge is -2.32. The minimum Gasteiger partial charge on any atom is -0.306 e. The Morgan fingerprint density at radius 1 is 1.38 bits per heavy atom. The number of nitrogens with zero attached hydrogens (tertiary/aromatic N) is 2. The highest BCUT2D eigenvalue weighted by Crippen LogP contribution is 2.18. The average molecular weight is 291 g/mol. The summed E-state index contributed by atoms with van der Waals surface area (Å²) in [5.74, 6) is 1.74. The Balaban J connectivity index is 2.20. The van der Waals surface area contributed by atoms with E-state index >= 15 is 0 Å². The molecule has 0 N–H and O–H groups in total. The normalized spacial score (nSPS) is 21.6. The van der Waals surface area contributed by atoms with Crippen molar-refractivity contribution in [1.29, 1.82) is 0 Å². The summed E-state index contributed by atoms with van der Waals surface area (Å²) in [7, 11) is 4.52. The van der Waals surface area contributed by atoms with Gasteiger partial charge < -0.3 is 9.80 Å². The Labute approximate surface area is 109 Å². The second-order valence-corrected chi connectivity index (χ2v) is 6.04. The molecule has 1 heterocycles. The first kappa shape index (κ1) is 14.5. The molecule has 1 aliphatic rings. The molecule has 0 bridgehead atoms. The van der Waals surface area contributed by atoms with E-state index in [2.05, 4.69) is 46.7 Å². The maximum Gasteiger partial charge on any atom is 0.00717 e. The van der Waals surface area contributed by atoms with Crippen LogP contribution in [0, 0.1) is 11.8 Å². The fourth-order valence-electron chi connectivity index (χ4n) is 2.49. The molecule has 2 nitrogen and oxygen atoms in total. The summed E-state index contributed by atoms with van der Waals surface area (Å²) < 4.78 is 0. The van der Waals surface area contributed by atoms with E-state index in [4.69, 9.17) is 0 Å². The van der Waals surface area contributed by atoms with Crippen molar-refractivity contribution in [3.63, 3.8) is 0 Å². The lowest BCUT2D eigenvalue weighted by Crippen LogP contribution is -2.37. The lowest BCUT2D eigenvalue weighted by molar-refractivity contribution is 0.167. The first-order valence-corrected chi connectivity index (χ1v) is 7.70. The van der Waals surface area contributed by atoms with Crippen molar-refractivity contribution in [2.75, 3.05) is 45.6 Å². The number of rotatable bonds is 6. The van der Waals surface area contributed by atoms with Gasteiger partial charge in [-0.2, -0.15) is 0 Å². The number of alkyl halides is 1. The molecule has 0 aromatic carbocycles. The number of hydrogen-bond acceptors (Lipinski definition) is 2. The highest BCUT2D eigenvalue weighted by molar-refractivity contribution is 9.09. The molecule has 0 aromatic heterocycles. The third-order valence-corrected chi connectivity index (χ3v) is 4.69. The van der Waals surface area contributed by atoms with Crippen LogP contribution >= 0.6 is 15.9 Å². The zero-order valence-electron chi connectivity index (χ0n) is 11.1. The van der Waals surface area contributed by atoms with Gasteiger partial charge >= 0.3 is 0 Å². The van der Waals surface area contributed by atoms with E-state index in [1.54, 1.807) is 0 Å². The van der Waals surface area contributed by atoms with Crippen LogP contribution < -0.4 is 0 Å². The molecule has 1 atom stereocenters. The van der Waals surface area contributed by atoms with Gasteiger partial charge in [-0.05, 0) is 51.9 Å². The summed E-state index contributed by atoms with van der Waals surface area (Å²) in [5.41, 5.74) is 0. The zero-order valence-corrected chi connectivity index (χ0v) is 12.7. The maximum atomic E-state index is 3.60. The smallest absolute Gasteiger partial charge is 0.00717 e. The maximum absolute atomic E-state index is 3.60. The first-order valence-electron chi connectivity index (χ1n) is 6.58. The van der Waals surface area contributed by atoms with E-state index in [1.165, 1.54) is 45.4 Å². The molecule has 3 heteroatoms. The van der Waals surface area contributed by atoms with Gasteiger partial charge in [-0.15, -0.1) is 0 Å².